The number of amides is 2. The highest BCUT2D eigenvalue weighted by Gasteiger charge is 2.44. The molecule has 3 atom stereocenters. The summed E-state index contributed by atoms with van der Waals surface area (Å²) in [6.45, 7) is 12.1. The molecule has 1 N–H and O–H groups in total. The molecule has 0 aromatic carbocycles. The molecule has 1 heterocycles. The Bertz CT molecular complexity index is 576. The summed E-state index contributed by atoms with van der Waals surface area (Å²) in [5.41, 5.74) is -1.41. The Hall–Kier alpha value is -2.12. The summed E-state index contributed by atoms with van der Waals surface area (Å²) in [7, 11) is 0. The average Bonchev–Trinajstić information content (AvgIpc) is 2.92. The van der Waals surface area contributed by atoms with Crippen LogP contribution < -0.4 is 5.32 Å². The number of nitrogens with zero attached hydrogens (tertiary/aromatic N) is 1. The molecule has 8 nitrogen and oxygen atoms in total. The van der Waals surface area contributed by atoms with Crippen molar-refractivity contribution < 1.29 is 28.7 Å². The average molecular weight is 384 g/mol. The first-order valence-corrected chi connectivity index (χ1v) is 9.29. The van der Waals surface area contributed by atoms with Gasteiger partial charge >= 0.3 is 12.1 Å². The molecule has 0 aromatic heterocycles. The van der Waals surface area contributed by atoms with Gasteiger partial charge in [-0.15, -0.1) is 0 Å². The number of ether oxygens (including phenoxy) is 2. The van der Waals surface area contributed by atoms with Crippen LogP contribution in [0.4, 0.5) is 4.79 Å². The molecule has 154 valence electrons. The minimum atomic E-state index is -0.898. The van der Waals surface area contributed by atoms with Crippen LogP contribution in [0.1, 0.15) is 67.7 Å². The molecule has 0 unspecified atom stereocenters. The zero-order valence-electron chi connectivity index (χ0n) is 17.3. The molecule has 1 rings (SSSR count). The lowest BCUT2D eigenvalue weighted by atomic mass is 10.1. The lowest BCUT2D eigenvalue weighted by Crippen LogP contribution is -2.55. The highest BCUT2D eigenvalue weighted by atomic mass is 16.6. The molecule has 1 aliphatic heterocycles. The first kappa shape index (κ1) is 22.9. The number of likely N-dealkylation sites (tertiary alicyclic amines) is 1. The van der Waals surface area contributed by atoms with Gasteiger partial charge in [0.15, 0.2) is 0 Å². The number of aldehydes is 1. The molecule has 2 amide bonds. The van der Waals surface area contributed by atoms with Gasteiger partial charge in [0.2, 0.25) is 5.91 Å². The largest absolute Gasteiger partial charge is 0.458 e. The molecule has 27 heavy (non-hydrogen) atoms. The minimum Gasteiger partial charge on any atom is -0.458 e. The van der Waals surface area contributed by atoms with Crippen molar-refractivity contribution in [1.82, 2.24) is 10.2 Å². The van der Waals surface area contributed by atoms with Gasteiger partial charge in [0, 0.05) is 0 Å². The van der Waals surface area contributed by atoms with Gasteiger partial charge in [-0.2, -0.15) is 0 Å². The zero-order valence-corrected chi connectivity index (χ0v) is 17.3. The van der Waals surface area contributed by atoms with E-state index >= 15 is 0 Å². The number of alkyl carbamates (subject to hydrolysis) is 1. The van der Waals surface area contributed by atoms with Crippen molar-refractivity contribution in [3.8, 4) is 0 Å². The summed E-state index contributed by atoms with van der Waals surface area (Å²) in [4.78, 5) is 50.2. The highest BCUT2D eigenvalue weighted by molar-refractivity contribution is 5.92. The second kappa shape index (κ2) is 8.71. The van der Waals surface area contributed by atoms with Crippen LogP contribution in [0.2, 0.25) is 0 Å². The van der Waals surface area contributed by atoms with E-state index in [1.54, 1.807) is 48.5 Å². The fourth-order valence-corrected chi connectivity index (χ4v) is 2.86. The van der Waals surface area contributed by atoms with Crippen molar-refractivity contribution in [3.63, 3.8) is 0 Å². The maximum Gasteiger partial charge on any atom is 0.408 e. The van der Waals surface area contributed by atoms with Crippen molar-refractivity contribution >= 4 is 24.3 Å². The summed E-state index contributed by atoms with van der Waals surface area (Å²) in [6.07, 6.45) is 0.942. The highest BCUT2D eigenvalue weighted by Crippen LogP contribution is 2.27. The normalized spacial score (nSPS) is 21.4. The van der Waals surface area contributed by atoms with Gasteiger partial charge in [0.05, 0.1) is 6.04 Å². The van der Waals surface area contributed by atoms with Crippen molar-refractivity contribution in [2.24, 2.45) is 0 Å². The van der Waals surface area contributed by atoms with Gasteiger partial charge in [0.1, 0.15) is 29.6 Å². The van der Waals surface area contributed by atoms with Gasteiger partial charge in [-0.3, -0.25) is 4.79 Å². The zero-order chi connectivity index (χ0) is 21.0. The third-order valence-electron chi connectivity index (χ3n) is 3.92. The van der Waals surface area contributed by atoms with Crippen molar-refractivity contribution in [2.75, 3.05) is 0 Å². The third-order valence-corrected chi connectivity index (χ3v) is 3.92. The Morgan fingerprint density at radius 2 is 1.63 bits per heavy atom. The van der Waals surface area contributed by atoms with Gasteiger partial charge < -0.3 is 24.5 Å². The quantitative estimate of drug-likeness (QED) is 0.576. The Labute approximate surface area is 160 Å². The molecule has 8 heteroatoms. The second-order valence-electron chi connectivity index (χ2n) is 8.68. The molecule has 1 aliphatic rings. The van der Waals surface area contributed by atoms with Crippen LogP contribution in [0.25, 0.3) is 0 Å². The van der Waals surface area contributed by atoms with Crippen molar-refractivity contribution in [3.05, 3.63) is 0 Å². The standard InChI is InChI=1S/C19H32N2O6/c1-8-13(20-17(25)27-19(5,6)7)15(23)21-12(11-22)9-10-14(21)16(24)26-18(2,3)4/h11-14H,8-10H2,1-7H3,(H,20,25)/t12-,13+,14+/m1/s1. The summed E-state index contributed by atoms with van der Waals surface area (Å²) in [6, 6.07) is -2.46. The van der Waals surface area contributed by atoms with Crippen LogP contribution in [0.15, 0.2) is 0 Å². The van der Waals surface area contributed by atoms with E-state index in [9.17, 15) is 19.2 Å². The number of hydrogen-bond donors (Lipinski definition) is 1. The summed E-state index contributed by atoms with van der Waals surface area (Å²) in [5, 5.41) is 2.53. The number of esters is 1. The maximum atomic E-state index is 13.0. The summed E-state index contributed by atoms with van der Waals surface area (Å²) in [5.74, 6) is -1.04. The van der Waals surface area contributed by atoms with Crippen LogP contribution in [0, 0.1) is 0 Å². The first-order chi connectivity index (χ1) is 12.3. The molecule has 0 aliphatic carbocycles. The van der Waals surface area contributed by atoms with Crippen LogP contribution in [0.5, 0.6) is 0 Å². The van der Waals surface area contributed by atoms with E-state index in [1.807, 2.05) is 0 Å². The third kappa shape index (κ3) is 6.84. The van der Waals surface area contributed by atoms with Crippen LogP contribution in [0.3, 0.4) is 0 Å². The Morgan fingerprint density at radius 3 is 2.07 bits per heavy atom. The van der Waals surface area contributed by atoms with E-state index in [-0.39, 0.29) is 0 Å². The van der Waals surface area contributed by atoms with E-state index in [0.717, 1.165) is 0 Å². The van der Waals surface area contributed by atoms with E-state index in [2.05, 4.69) is 5.32 Å². The Kier molecular flexibility index (Phi) is 7.40. The molecule has 0 saturated carbocycles. The van der Waals surface area contributed by atoms with E-state index in [0.29, 0.717) is 25.5 Å². The number of carbonyl (C=O) groups is 4. The van der Waals surface area contributed by atoms with Crippen LogP contribution >= 0.6 is 0 Å². The number of carbonyl (C=O) groups excluding carboxylic acids is 4. The van der Waals surface area contributed by atoms with Gasteiger partial charge in [-0.05, 0) is 60.8 Å². The number of rotatable bonds is 5. The molecule has 1 saturated heterocycles. The SMILES string of the molecule is CC[C@H](NC(=O)OC(C)(C)C)C(=O)N1[C@@H](C=O)CC[C@H]1C(=O)OC(C)(C)C. The lowest BCUT2D eigenvalue weighted by molar-refractivity contribution is -0.164. The fraction of sp³-hybridized carbons (Fsp3) is 0.789. The van der Waals surface area contributed by atoms with E-state index in [1.165, 1.54) is 4.90 Å². The van der Waals surface area contributed by atoms with Crippen molar-refractivity contribution in [1.29, 1.82) is 0 Å². The van der Waals surface area contributed by atoms with Gasteiger partial charge in [-0.25, -0.2) is 9.59 Å². The first-order valence-electron chi connectivity index (χ1n) is 9.29. The molecule has 0 aromatic rings. The van der Waals surface area contributed by atoms with E-state index in [4.69, 9.17) is 9.47 Å². The number of nitrogens with one attached hydrogen (secondary N) is 1. The summed E-state index contributed by atoms with van der Waals surface area (Å²) >= 11 is 0. The van der Waals surface area contributed by atoms with E-state index < -0.39 is 47.3 Å². The summed E-state index contributed by atoms with van der Waals surface area (Å²) < 4.78 is 10.6. The molecule has 0 bridgehead atoms. The fourth-order valence-electron chi connectivity index (χ4n) is 2.86. The van der Waals surface area contributed by atoms with Gasteiger partial charge in [-0.1, -0.05) is 6.92 Å². The minimum absolute atomic E-state index is 0.293. The smallest absolute Gasteiger partial charge is 0.408 e. The molecule has 1 fully saturated rings. The Balaban J connectivity index is 2.97. The lowest BCUT2D eigenvalue weighted by Gasteiger charge is -2.32. The second-order valence-corrected chi connectivity index (χ2v) is 8.68. The molecule has 0 radical (unpaired) electrons. The predicted molar refractivity (Wildman–Crippen MR) is 99.0 cm³/mol. The molecular formula is C19H32N2O6. The number of hydrogen-bond acceptors (Lipinski definition) is 6. The molecule has 0 spiro atoms. The monoisotopic (exact) mass is 384 g/mol. The topological polar surface area (TPSA) is 102 Å². The van der Waals surface area contributed by atoms with Crippen molar-refractivity contribution in [2.45, 2.75) is 97.1 Å². The Morgan fingerprint density at radius 1 is 1.07 bits per heavy atom. The van der Waals surface area contributed by atoms with Crippen LogP contribution in [-0.2, 0) is 23.9 Å². The van der Waals surface area contributed by atoms with Crippen LogP contribution in [-0.4, -0.2) is 58.5 Å². The molecular weight excluding hydrogens is 352 g/mol. The maximum absolute atomic E-state index is 13.0. The predicted octanol–water partition coefficient (Wildman–Crippen LogP) is 2.19. The van der Waals surface area contributed by atoms with Gasteiger partial charge in [0.25, 0.3) is 0 Å².